The fraction of sp³-hybridized carbons (Fsp3) is 0.364. The zero-order valence-electron chi connectivity index (χ0n) is 9.52. The van der Waals surface area contributed by atoms with Crippen molar-refractivity contribution in [2.75, 3.05) is 27.5 Å². The van der Waals surface area contributed by atoms with Crippen LogP contribution in [0.25, 0.3) is 0 Å². The topological polar surface area (TPSA) is 24.8 Å². The Kier molecular flexibility index (Phi) is 4.49. The average molecular weight is 224 g/mol. The van der Waals surface area contributed by atoms with E-state index in [1.807, 2.05) is 49.5 Å². The highest BCUT2D eigenvalue weighted by Crippen LogP contribution is 2.14. The number of hydrogen-bond donors (Lipinski definition) is 0. The third kappa shape index (κ3) is 3.16. The first-order valence-corrected chi connectivity index (χ1v) is 5.80. The first-order chi connectivity index (χ1) is 7.19. The van der Waals surface area contributed by atoms with E-state index in [1.165, 1.54) is 11.9 Å². The van der Waals surface area contributed by atoms with Gasteiger partial charge in [-0.1, -0.05) is 0 Å². The maximum absolute atomic E-state index is 5.11. The van der Waals surface area contributed by atoms with Crippen molar-refractivity contribution < 1.29 is 4.74 Å². The standard InChI is InChI=1S/C11H16N2OS/c1-13(2)11(12-15-4)9-5-7-10(14-3)8-6-9/h5-8H,1-4H3. The molecule has 1 aromatic carbocycles. The van der Waals surface area contributed by atoms with Crippen LogP contribution in [0.3, 0.4) is 0 Å². The summed E-state index contributed by atoms with van der Waals surface area (Å²) in [6.45, 7) is 0. The molecule has 0 unspecified atom stereocenters. The van der Waals surface area contributed by atoms with E-state index in [0.29, 0.717) is 0 Å². The Balaban J connectivity index is 2.97. The van der Waals surface area contributed by atoms with Gasteiger partial charge in [0, 0.05) is 25.9 Å². The molecule has 0 saturated carbocycles. The van der Waals surface area contributed by atoms with E-state index >= 15 is 0 Å². The van der Waals surface area contributed by atoms with E-state index in [1.54, 1.807) is 7.11 Å². The van der Waals surface area contributed by atoms with Crippen molar-refractivity contribution in [1.82, 2.24) is 4.90 Å². The van der Waals surface area contributed by atoms with Crippen LogP contribution in [-0.4, -0.2) is 38.2 Å². The largest absolute Gasteiger partial charge is 0.497 e. The van der Waals surface area contributed by atoms with Crippen LogP contribution in [0.1, 0.15) is 5.56 Å². The van der Waals surface area contributed by atoms with Crippen LogP contribution >= 0.6 is 11.9 Å². The van der Waals surface area contributed by atoms with Gasteiger partial charge in [-0.3, -0.25) is 0 Å². The van der Waals surface area contributed by atoms with Crippen LogP contribution in [0, 0.1) is 0 Å². The number of benzene rings is 1. The van der Waals surface area contributed by atoms with Crippen molar-refractivity contribution in [3.05, 3.63) is 29.8 Å². The van der Waals surface area contributed by atoms with Gasteiger partial charge in [0.25, 0.3) is 0 Å². The molecule has 0 aliphatic carbocycles. The summed E-state index contributed by atoms with van der Waals surface area (Å²) in [7, 11) is 5.64. The highest BCUT2D eigenvalue weighted by atomic mass is 32.2. The molecule has 0 radical (unpaired) electrons. The fourth-order valence-corrected chi connectivity index (χ4v) is 1.66. The maximum Gasteiger partial charge on any atom is 0.143 e. The molecule has 1 rings (SSSR count). The van der Waals surface area contributed by atoms with Gasteiger partial charge in [-0.15, -0.1) is 0 Å². The lowest BCUT2D eigenvalue weighted by Gasteiger charge is -2.15. The number of rotatable bonds is 3. The third-order valence-electron chi connectivity index (χ3n) is 1.95. The number of nitrogens with zero attached hydrogens (tertiary/aromatic N) is 2. The maximum atomic E-state index is 5.11. The molecule has 0 spiro atoms. The quantitative estimate of drug-likeness (QED) is 0.447. The van der Waals surface area contributed by atoms with Crippen LogP contribution in [0.15, 0.2) is 28.7 Å². The van der Waals surface area contributed by atoms with Gasteiger partial charge < -0.3 is 9.64 Å². The summed E-state index contributed by atoms with van der Waals surface area (Å²) in [5.41, 5.74) is 1.09. The van der Waals surface area contributed by atoms with E-state index < -0.39 is 0 Å². The first-order valence-electron chi connectivity index (χ1n) is 4.62. The van der Waals surface area contributed by atoms with E-state index in [2.05, 4.69) is 4.40 Å². The van der Waals surface area contributed by atoms with Crippen molar-refractivity contribution in [3.8, 4) is 5.75 Å². The normalized spacial score (nSPS) is 11.3. The van der Waals surface area contributed by atoms with Crippen LogP contribution < -0.4 is 4.74 Å². The van der Waals surface area contributed by atoms with Crippen LogP contribution in [0.4, 0.5) is 0 Å². The molecule has 0 amide bonds. The molecular formula is C11H16N2OS. The summed E-state index contributed by atoms with van der Waals surface area (Å²) in [4.78, 5) is 2.00. The molecule has 0 heterocycles. The van der Waals surface area contributed by atoms with E-state index in [0.717, 1.165) is 17.1 Å². The fourth-order valence-electron chi connectivity index (χ4n) is 1.22. The highest BCUT2D eigenvalue weighted by molar-refractivity contribution is 7.97. The Hall–Kier alpha value is -1.16. The Morgan fingerprint density at radius 3 is 2.27 bits per heavy atom. The Bertz CT molecular complexity index is 333. The lowest BCUT2D eigenvalue weighted by molar-refractivity contribution is 0.414. The molecule has 4 heteroatoms. The monoisotopic (exact) mass is 224 g/mol. The molecule has 0 N–H and O–H groups in total. The molecule has 0 fully saturated rings. The first kappa shape index (κ1) is 11.9. The molecule has 0 saturated heterocycles. The van der Waals surface area contributed by atoms with Crippen molar-refractivity contribution in [3.63, 3.8) is 0 Å². The molecule has 1 aromatic rings. The van der Waals surface area contributed by atoms with Gasteiger partial charge >= 0.3 is 0 Å². The second-order valence-electron chi connectivity index (χ2n) is 3.22. The van der Waals surface area contributed by atoms with Gasteiger partial charge in [-0.05, 0) is 36.2 Å². The minimum absolute atomic E-state index is 0.862. The summed E-state index contributed by atoms with van der Waals surface area (Å²) in [6.07, 6.45) is 1.95. The van der Waals surface area contributed by atoms with Gasteiger partial charge in [0.2, 0.25) is 0 Å². The lowest BCUT2D eigenvalue weighted by Crippen LogP contribution is -2.22. The number of amidine groups is 1. The van der Waals surface area contributed by atoms with E-state index in [4.69, 9.17) is 4.74 Å². The average Bonchev–Trinajstić information content (AvgIpc) is 2.26. The Morgan fingerprint density at radius 2 is 1.87 bits per heavy atom. The zero-order valence-corrected chi connectivity index (χ0v) is 10.3. The summed E-state index contributed by atoms with van der Waals surface area (Å²) < 4.78 is 9.48. The minimum Gasteiger partial charge on any atom is -0.497 e. The molecule has 0 aliphatic heterocycles. The number of hydrogen-bond acceptors (Lipinski definition) is 3. The van der Waals surface area contributed by atoms with Crippen LogP contribution in [0.2, 0.25) is 0 Å². The number of ether oxygens (including phenoxy) is 1. The SMILES string of the molecule is COc1ccc(C(=NSC)N(C)C)cc1. The van der Waals surface area contributed by atoms with Crippen LogP contribution in [0.5, 0.6) is 5.75 Å². The molecule has 0 atom stereocenters. The second kappa shape index (κ2) is 5.66. The molecule has 0 bridgehead atoms. The summed E-state index contributed by atoms with van der Waals surface area (Å²) >= 11 is 1.46. The van der Waals surface area contributed by atoms with Crippen molar-refractivity contribution >= 4 is 17.8 Å². The third-order valence-corrected chi connectivity index (χ3v) is 2.31. The van der Waals surface area contributed by atoms with Crippen molar-refractivity contribution in [2.24, 2.45) is 4.40 Å². The Morgan fingerprint density at radius 1 is 1.27 bits per heavy atom. The zero-order chi connectivity index (χ0) is 11.3. The summed E-state index contributed by atoms with van der Waals surface area (Å²) in [6, 6.07) is 7.89. The van der Waals surface area contributed by atoms with Gasteiger partial charge in [-0.25, -0.2) is 0 Å². The van der Waals surface area contributed by atoms with Crippen LogP contribution in [-0.2, 0) is 0 Å². The van der Waals surface area contributed by atoms with Gasteiger partial charge in [0.05, 0.1) is 7.11 Å². The summed E-state index contributed by atoms with van der Waals surface area (Å²) in [5.74, 6) is 1.83. The van der Waals surface area contributed by atoms with Crippen molar-refractivity contribution in [1.29, 1.82) is 0 Å². The van der Waals surface area contributed by atoms with Crippen molar-refractivity contribution in [2.45, 2.75) is 0 Å². The predicted molar refractivity (Wildman–Crippen MR) is 66.7 cm³/mol. The second-order valence-corrected chi connectivity index (χ2v) is 3.77. The van der Waals surface area contributed by atoms with Gasteiger partial charge in [0.1, 0.15) is 11.6 Å². The molecular weight excluding hydrogens is 208 g/mol. The Labute approximate surface area is 95.3 Å². The molecule has 15 heavy (non-hydrogen) atoms. The highest BCUT2D eigenvalue weighted by Gasteiger charge is 2.05. The minimum atomic E-state index is 0.862. The van der Waals surface area contributed by atoms with Gasteiger partial charge in [0.15, 0.2) is 0 Å². The molecule has 0 aliphatic rings. The lowest BCUT2D eigenvalue weighted by atomic mass is 10.2. The predicted octanol–water partition coefficient (Wildman–Crippen LogP) is 2.28. The summed E-state index contributed by atoms with van der Waals surface area (Å²) in [5, 5.41) is 0. The van der Waals surface area contributed by atoms with E-state index in [-0.39, 0.29) is 0 Å². The molecule has 0 aromatic heterocycles. The smallest absolute Gasteiger partial charge is 0.143 e. The molecule has 3 nitrogen and oxygen atoms in total. The number of methoxy groups -OCH3 is 1. The molecule has 82 valence electrons. The van der Waals surface area contributed by atoms with E-state index in [9.17, 15) is 0 Å². The van der Waals surface area contributed by atoms with Gasteiger partial charge in [-0.2, -0.15) is 4.40 Å².